The molecule has 1 saturated heterocycles. The third kappa shape index (κ3) is 5.55. The number of aromatic nitrogens is 1. The molecule has 0 spiro atoms. The van der Waals surface area contributed by atoms with Crippen molar-refractivity contribution >= 4 is 15.9 Å². The molecule has 1 aliphatic rings. The highest BCUT2D eigenvalue weighted by Gasteiger charge is 2.35. The van der Waals surface area contributed by atoms with Crippen molar-refractivity contribution in [2.24, 2.45) is 0 Å². The van der Waals surface area contributed by atoms with E-state index in [0.717, 1.165) is 5.56 Å². The first-order valence-electron chi connectivity index (χ1n) is 10.3. The SMILES string of the molecule is Cc1ccc(Oc2ccc(S(=O)(=O)N(Cc3cccnc3)C[C@@H]3NC(O)NC3=O)cc2)cc1. The highest BCUT2D eigenvalue weighted by Crippen LogP contribution is 2.25. The molecule has 0 saturated carbocycles. The van der Waals surface area contributed by atoms with Crippen LogP contribution in [0, 0.1) is 6.92 Å². The van der Waals surface area contributed by atoms with Crippen molar-refractivity contribution in [2.45, 2.75) is 30.8 Å². The summed E-state index contributed by atoms with van der Waals surface area (Å²) in [6, 6.07) is 16.2. The number of rotatable bonds is 8. The summed E-state index contributed by atoms with van der Waals surface area (Å²) < 4.78 is 33.9. The number of hydrogen-bond donors (Lipinski definition) is 3. The number of aliphatic hydroxyl groups is 1. The van der Waals surface area contributed by atoms with E-state index in [4.69, 9.17) is 4.74 Å². The Labute approximate surface area is 192 Å². The molecule has 1 aliphatic heterocycles. The first-order chi connectivity index (χ1) is 15.8. The fourth-order valence-corrected chi connectivity index (χ4v) is 4.84. The zero-order valence-electron chi connectivity index (χ0n) is 17.9. The van der Waals surface area contributed by atoms with E-state index in [-0.39, 0.29) is 18.0 Å². The third-order valence-corrected chi connectivity index (χ3v) is 6.97. The number of carbonyl (C=O) groups is 1. The largest absolute Gasteiger partial charge is 0.457 e. The summed E-state index contributed by atoms with van der Waals surface area (Å²) in [4.78, 5) is 16.2. The molecule has 1 aromatic heterocycles. The van der Waals surface area contributed by atoms with E-state index in [9.17, 15) is 18.3 Å². The number of aryl methyl sites for hydroxylation is 1. The minimum absolute atomic E-state index is 0.0132. The number of ether oxygens (including phenoxy) is 1. The minimum atomic E-state index is -3.97. The minimum Gasteiger partial charge on any atom is -0.457 e. The highest BCUT2D eigenvalue weighted by atomic mass is 32.2. The lowest BCUT2D eigenvalue weighted by Crippen LogP contribution is -2.44. The Kier molecular flexibility index (Phi) is 6.70. The molecule has 1 amide bonds. The molecule has 0 bridgehead atoms. The maximum atomic E-state index is 13.5. The Morgan fingerprint density at radius 1 is 1.06 bits per heavy atom. The second-order valence-corrected chi connectivity index (χ2v) is 9.61. The molecule has 10 heteroatoms. The Balaban J connectivity index is 1.56. The zero-order chi connectivity index (χ0) is 23.4. The molecular weight excluding hydrogens is 444 g/mol. The van der Waals surface area contributed by atoms with Gasteiger partial charge >= 0.3 is 0 Å². The van der Waals surface area contributed by atoms with E-state index < -0.39 is 28.3 Å². The summed E-state index contributed by atoms with van der Waals surface area (Å²) in [5.74, 6) is 0.665. The van der Waals surface area contributed by atoms with E-state index >= 15 is 0 Å². The van der Waals surface area contributed by atoms with Gasteiger partial charge in [-0.15, -0.1) is 0 Å². The van der Waals surface area contributed by atoms with Gasteiger partial charge in [0.15, 0.2) is 6.35 Å². The lowest BCUT2D eigenvalue weighted by atomic mass is 10.2. The van der Waals surface area contributed by atoms with Crippen LogP contribution in [0.1, 0.15) is 11.1 Å². The zero-order valence-corrected chi connectivity index (χ0v) is 18.7. The summed E-state index contributed by atoms with van der Waals surface area (Å²) in [7, 11) is -3.97. The van der Waals surface area contributed by atoms with Gasteiger partial charge in [-0.25, -0.2) is 8.42 Å². The second-order valence-electron chi connectivity index (χ2n) is 7.68. The molecule has 33 heavy (non-hydrogen) atoms. The van der Waals surface area contributed by atoms with Gasteiger partial charge in [0.25, 0.3) is 0 Å². The van der Waals surface area contributed by atoms with Crippen LogP contribution in [0.15, 0.2) is 78.0 Å². The first kappa shape index (κ1) is 22.9. The van der Waals surface area contributed by atoms with Crippen molar-refractivity contribution in [2.75, 3.05) is 6.54 Å². The van der Waals surface area contributed by atoms with Crippen LogP contribution in [0.25, 0.3) is 0 Å². The second kappa shape index (κ2) is 9.67. The molecule has 3 aromatic rings. The van der Waals surface area contributed by atoms with Crippen LogP contribution in [-0.4, -0.2) is 47.7 Å². The smallest absolute Gasteiger partial charge is 0.243 e. The average molecular weight is 469 g/mol. The van der Waals surface area contributed by atoms with Gasteiger partial charge in [-0.3, -0.25) is 15.1 Å². The monoisotopic (exact) mass is 468 g/mol. The van der Waals surface area contributed by atoms with Crippen LogP contribution in [-0.2, 0) is 21.4 Å². The number of benzene rings is 2. The molecule has 1 fully saturated rings. The van der Waals surface area contributed by atoms with E-state index in [0.29, 0.717) is 17.1 Å². The summed E-state index contributed by atoms with van der Waals surface area (Å²) >= 11 is 0. The number of aliphatic hydroxyl groups excluding tert-OH is 1. The number of carbonyl (C=O) groups excluding carboxylic acids is 1. The summed E-state index contributed by atoms with van der Waals surface area (Å²) in [5.41, 5.74) is 1.77. The summed E-state index contributed by atoms with van der Waals surface area (Å²) in [6.45, 7) is 1.83. The van der Waals surface area contributed by atoms with E-state index in [1.807, 2.05) is 31.2 Å². The Morgan fingerprint density at radius 2 is 1.73 bits per heavy atom. The molecule has 4 rings (SSSR count). The van der Waals surface area contributed by atoms with Crippen LogP contribution >= 0.6 is 0 Å². The standard InChI is InChI=1S/C23H24N4O5S/c1-16-4-6-18(7-5-16)32-19-8-10-20(11-9-19)33(30,31)27(14-17-3-2-12-24-13-17)15-21-22(28)26-23(29)25-21/h2-13,21,23,25,29H,14-15H2,1H3,(H,26,28)/t21-,23?/m0/s1. The van der Waals surface area contributed by atoms with Gasteiger partial charge in [-0.2, -0.15) is 4.31 Å². The van der Waals surface area contributed by atoms with Crippen LogP contribution in [0.3, 0.4) is 0 Å². The molecule has 0 radical (unpaired) electrons. The van der Waals surface area contributed by atoms with Crippen LogP contribution in [0.2, 0.25) is 0 Å². The lowest BCUT2D eigenvalue weighted by molar-refractivity contribution is -0.121. The number of nitrogens with zero attached hydrogens (tertiary/aromatic N) is 2. The van der Waals surface area contributed by atoms with Gasteiger partial charge in [-0.05, 0) is 55.0 Å². The number of pyridine rings is 1. The Morgan fingerprint density at radius 3 is 2.30 bits per heavy atom. The fraction of sp³-hybridized carbons (Fsp3) is 0.217. The normalized spacial score (nSPS) is 18.3. The van der Waals surface area contributed by atoms with E-state index in [2.05, 4.69) is 15.6 Å². The Bertz CT molecular complexity index is 1200. The van der Waals surface area contributed by atoms with Gasteiger partial charge in [-0.1, -0.05) is 23.8 Å². The van der Waals surface area contributed by atoms with Gasteiger partial charge < -0.3 is 15.2 Å². The van der Waals surface area contributed by atoms with Gasteiger partial charge in [0.05, 0.1) is 4.90 Å². The van der Waals surface area contributed by atoms with Crippen molar-refractivity contribution < 1.29 is 23.1 Å². The number of hydrogen-bond acceptors (Lipinski definition) is 7. The molecule has 172 valence electrons. The molecule has 3 N–H and O–H groups in total. The molecule has 1 unspecified atom stereocenters. The predicted molar refractivity (Wildman–Crippen MR) is 121 cm³/mol. The lowest BCUT2D eigenvalue weighted by Gasteiger charge is -2.24. The van der Waals surface area contributed by atoms with Crippen molar-refractivity contribution in [3.05, 3.63) is 84.2 Å². The number of nitrogens with one attached hydrogen (secondary N) is 2. The first-order valence-corrected chi connectivity index (χ1v) is 11.7. The van der Waals surface area contributed by atoms with Gasteiger partial charge in [0, 0.05) is 25.5 Å². The quantitative estimate of drug-likeness (QED) is 0.460. The molecule has 0 aliphatic carbocycles. The maximum absolute atomic E-state index is 13.5. The molecule has 2 aromatic carbocycles. The van der Waals surface area contributed by atoms with Crippen molar-refractivity contribution in [1.82, 2.24) is 19.9 Å². The van der Waals surface area contributed by atoms with Crippen LogP contribution in [0.5, 0.6) is 11.5 Å². The Hall–Kier alpha value is -3.31. The van der Waals surface area contributed by atoms with Crippen molar-refractivity contribution in [3.63, 3.8) is 0 Å². The van der Waals surface area contributed by atoms with Gasteiger partial charge in [0.1, 0.15) is 17.5 Å². The summed E-state index contributed by atoms with van der Waals surface area (Å²) in [5, 5.41) is 14.6. The molecule has 2 atom stereocenters. The maximum Gasteiger partial charge on any atom is 0.243 e. The topological polar surface area (TPSA) is 121 Å². The van der Waals surface area contributed by atoms with Crippen molar-refractivity contribution in [3.8, 4) is 11.5 Å². The third-order valence-electron chi connectivity index (χ3n) is 5.14. The molecule has 9 nitrogen and oxygen atoms in total. The average Bonchev–Trinajstić information content (AvgIpc) is 3.12. The van der Waals surface area contributed by atoms with Crippen LogP contribution < -0.4 is 15.4 Å². The van der Waals surface area contributed by atoms with Crippen molar-refractivity contribution in [1.29, 1.82) is 0 Å². The van der Waals surface area contributed by atoms with E-state index in [1.54, 1.807) is 36.7 Å². The van der Waals surface area contributed by atoms with E-state index in [1.165, 1.54) is 16.4 Å². The fourth-order valence-electron chi connectivity index (χ4n) is 3.40. The summed E-state index contributed by atoms with van der Waals surface area (Å²) in [6.07, 6.45) is 1.94. The van der Waals surface area contributed by atoms with Gasteiger partial charge in [0.2, 0.25) is 15.9 Å². The van der Waals surface area contributed by atoms with Crippen LogP contribution in [0.4, 0.5) is 0 Å². The molecule has 2 heterocycles. The highest BCUT2D eigenvalue weighted by molar-refractivity contribution is 7.89. The molecular formula is C23H24N4O5S. The predicted octanol–water partition coefficient (Wildman–Crippen LogP) is 1.74. The number of sulfonamides is 1. The number of amides is 1.